The third-order valence-corrected chi connectivity index (χ3v) is 9.18. The maximum atomic E-state index is 14.8. The number of nitrogens with one attached hydrogen (secondary N) is 2. The van der Waals surface area contributed by atoms with E-state index in [2.05, 4.69) is 15.0 Å². The maximum absolute atomic E-state index is 14.8. The zero-order valence-corrected chi connectivity index (χ0v) is 22.7. The second-order valence-electron chi connectivity index (χ2n) is 10.1. The summed E-state index contributed by atoms with van der Waals surface area (Å²) in [5.74, 6) is -1.13. The second-order valence-corrected chi connectivity index (χ2v) is 13.1. The molecular formula is C26H31F4N3O3S2. The first-order chi connectivity index (χ1) is 17.9. The summed E-state index contributed by atoms with van der Waals surface area (Å²) in [7, 11) is -3.68. The van der Waals surface area contributed by atoms with Crippen LogP contribution in [-0.2, 0) is 33.0 Å². The largest absolute Gasteiger partial charge is 0.433 e. The van der Waals surface area contributed by atoms with E-state index >= 15 is 0 Å². The maximum Gasteiger partial charge on any atom is 0.433 e. The van der Waals surface area contributed by atoms with Crippen LogP contribution in [0.15, 0.2) is 35.4 Å². The summed E-state index contributed by atoms with van der Waals surface area (Å²) < 4.78 is 80.0. The molecule has 6 nitrogen and oxygen atoms in total. The number of thioether (sulfide) groups is 1. The van der Waals surface area contributed by atoms with Crippen LogP contribution >= 0.6 is 11.8 Å². The van der Waals surface area contributed by atoms with Crippen molar-refractivity contribution in [3.63, 3.8) is 0 Å². The molecule has 2 aliphatic rings. The van der Waals surface area contributed by atoms with Crippen LogP contribution in [0.1, 0.15) is 74.6 Å². The van der Waals surface area contributed by atoms with Crippen LogP contribution < -0.4 is 10.0 Å². The number of aromatic nitrogens is 1. The minimum atomic E-state index is -4.57. The van der Waals surface area contributed by atoms with Gasteiger partial charge < -0.3 is 5.32 Å². The Morgan fingerprint density at radius 1 is 1.08 bits per heavy atom. The Labute approximate surface area is 224 Å². The Morgan fingerprint density at radius 3 is 2.37 bits per heavy atom. The van der Waals surface area contributed by atoms with Crippen molar-refractivity contribution < 1.29 is 30.8 Å². The first kappa shape index (κ1) is 28.7. The number of halogens is 4. The van der Waals surface area contributed by atoms with E-state index in [0.29, 0.717) is 24.0 Å². The highest BCUT2D eigenvalue weighted by molar-refractivity contribution is 7.99. The molecule has 0 atom stereocenters. The van der Waals surface area contributed by atoms with Gasteiger partial charge in [-0.2, -0.15) is 13.2 Å². The van der Waals surface area contributed by atoms with Crippen molar-refractivity contribution in [1.29, 1.82) is 0 Å². The molecule has 0 radical (unpaired) electrons. The average molecular weight is 574 g/mol. The predicted molar refractivity (Wildman–Crippen MR) is 139 cm³/mol. The lowest BCUT2D eigenvalue weighted by atomic mass is 9.77. The number of anilines is 1. The van der Waals surface area contributed by atoms with E-state index < -0.39 is 33.1 Å². The molecule has 0 bridgehead atoms. The fraction of sp³-hybridized carbons (Fsp3) is 0.538. The van der Waals surface area contributed by atoms with Crippen LogP contribution in [-0.4, -0.2) is 30.8 Å². The number of carbonyl (C=O) groups excluding carboxylic acids is 1. The van der Waals surface area contributed by atoms with Gasteiger partial charge in [0.15, 0.2) is 0 Å². The van der Waals surface area contributed by atoms with Crippen molar-refractivity contribution in [2.24, 2.45) is 0 Å². The Bertz CT molecular complexity index is 1270. The first-order valence-corrected chi connectivity index (χ1v) is 15.4. The number of alkyl halides is 3. The molecule has 38 heavy (non-hydrogen) atoms. The molecule has 12 heteroatoms. The van der Waals surface area contributed by atoms with Crippen molar-refractivity contribution in [2.75, 3.05) is 11.0 Å². The number of pyridine rings is 1. The minimum absolute atomic E-state index is 0.00300. The second kappa shape index (κ2) is 11.4. The summed E-state index contributed by atoms with van der Waals surface area (Å²) >= 11 is 1.34. The molecule has 0 unspecified atom stereocenters. The van der Waals surface area contributed by atoms with Crippen LogP contribution in [0.25, 0.3) is 0 Å². The quantitative estimate of drug-likeness (QED) is 0.369. The highest BCUT2D eigenvalue weighted by atomic mass is 32.2. The van der Waals surface area contributed by atoms with Gasteiger partial charge in [0, 0.05) is 17.4 Å². The molecule has 208 valence electrons. The van der Waals surface area contributed by atoms with E-state index in [1.807, 2.05) is 0 Å². The molecule has 4 rings (SSSR count). The van der Waals surface area contributed by atoms with Gasteiger partial charge in [0.1, 0.15) is 16.5 Å². The zero-order valence-electron chi connectivity index (χ0n) is 21.0. The van der Waals surface area contributed by atoms with Gasteiger partial charge in [-0.25, -0.2) is 17.8 Å². The summed E-state index contributed by atoms with van der Waals surface area (Å²) in [5.41, 5.74) is -1.23. The molecule has 2 saturated carbocycles. The highest BCUT2D eigenvalue weighted by Crippen LogP contribution is 2.43. The number of sulfonamides is 1. The van der Waals surface area contributed by atoms with E-state index in [1.54, 1.807) is 6.07 Å². The van der Waals surface area contributed by atoms with Gasteiger partial charge in [-0.1, -0.05) is 44.2 Å². The number of hydrogen-bond acceptors (Lipinski definition) is 5. The van der Waals surface area contributed by atoms with Crippen LogP contribution in [0, 0.1) is 5.82 Å². The number of nitrogens with zero attached hydrogens (tertiary/aromatic N) is 1. The fourth-order valence-corrected chi connectivity index (χ4v) is 7.16. The molecule has 1 amide bonds. The summed E-state index contributed by atoms with van der Waals surface area (Å²) in [6, 6.07) is 6.33. The van der Waals surface area contributed by atoms with Crippen molar-refractivity contribution in [2.45, 2.75) is 86.2 Å². The van der Waals surface area contributed by atoms with Crippen molar-refractivity contribution >= 4 is 33.4 Å². The van der Waals surface area contributed by atoms with Gasteiger partial charge >= 0.3 is 6.18 Å². The van der Waals surface area contributed by atoms with E-state index in [9.17, 15) is 30.8 Å². The van der Waals surface area contributed by atoms with Gasteiger partial charge in [0.05, 0.1) is 17.4 Å². The summed E-state index contributed by atoms with van der Waals surface area (Å²) in [5, 5.41) is 3.33. The van der Waals surface area contributed by atoms with Crippen LogP contribution in [0.2, 0.25) is 0 Å². The zero-order chi connectivity index (χ0) is 27.6. The number of hydrogen-bond donors (Lipinski definition) is 2. The van der Waals surface area contributed by atoms with Crippen molar-refractivity contribution in [3.05, 3.63) is 53.0 Å². The number of carbonyl (C=O) groups is 1. The molecule has 2 aliphatic carbocycles. The van der Waals surface area contributed by atoms with Gasteiger partial charge in [0.25, 0.3) is 0 Å². The van der Waals surface area contributed by atoms with E-state index in [1.165, 1.54) is 30.0 Å². The Morgan fingerprint density at radius 2 is 1.76 bits per heavy atom. The first-order valence-electron chi connectivity index (χ1n) is 12.7. The molecular weight excluding hydrogens is 542 g/mol. The van der Waals surface area contributed by atoms with Gasteiger partial charge in [-0.15, -0.1) is 11.8 Å². The molecule has 1 aromatic heterocycles. The van der Waals surface area contributed by atoms with E-state index in [0.717, 1.165) is 57.3 Å². The Kier molecular flexibility index (Phi) is 8.61. The van der Waals surface area contributed by atoms with Crippen LogP contribution in [0.3, 0.4) is 0 Å². The standard InChI is InChI=1S/C26H31F4N3O3S2/c1-38(35,36)33-21-11-10-18(15-20(21)27)25(13-5-6-14-25)24(34)31-16-17-9-12-22(26(28,29)30)32-23(17)37-19-7-3-2-4-8-19/h9-12,15,19,33H,2-8,13-14,16H2,1H3,(H,31,34). The molecule has 0 aliphatic heterocycles. The minimum Gasteiger partial charge on any atom is -0.351 e. The Balaban J connectivity index is 1.56. The van der Waals surface area contributed by atoms with Gasteiger partial charge in [0.2, 0.25) is 15.9 Å². The molecule has 0 spiro atoms. The third-order valence-electron chi connectivity index (χ3n) is 7.21. The molecule has 0 saturated heterocycles. The monoisotopic (exact) mass is 573 g/mol. The lowest BCUT2D eigenvalue weighted by Gasteiger charge is -2.29. The van der Waals surface area contributed by atoms with Gasteiger partial charge in [-0.05, 0) is 49.4 Å². The lowest BCUT2D eigenvalue weighted by molar-refractivity contribution is -0.141. The summed E-state index contributed by atoms with van der Waals surface area (Å²) in [6.45, 7) is -0.00300. The highest BCUT2D eigenvalue weighted by Gasteiger charge is 2.43. The Hall–Kier alpha value is -2.34. The SMILES string of the molecule is CS(=O)(=O)Nc1ccc(C2(C(=O)NCc3ccc(C(F)(F)F)nc3SC3CCCCC3)CCCC2)cc1F. The van der Waals surface area contributed by atoms with Crippen LogP contribution in [0.5, 0.6) is 0 Å². The number of rotatable bonds is 8. The predicted octanol–water partition coefficient (Wildman–Crippen LogP) is 6.16. The number of benzene rings is 1. The summed E-state index contributed by atoms with van der Waals surface area (Å²) in [6.07, 6.45) is 3.80. The normalized spacial score (nSPS) is 18.3. The van der Waals surface area contributed by atoms with Gasteiger partial charge in [-0.3, -0.25) is 9.52 Å². The van der Waals surface area contributed by atoms with Crippen molar-refractivity contribution in [3.8, 4) is 0 Å². The smallest absolute Gasteiger partial charge is 0.351 e. The molecule has 2 N–H and O–H groups in total. The lowest BCUT2D eigenvalue weighted by Crippen LogP contribution is -2.42. The third kappa shape index (κ3) is 6.80. The van der Waals surface area contributed by atoms with E-state index in [4.69, 9.17) is 0 Å². The topological polar surface area (TPSA) is 88.2 Å². The average Bonchev–Trinajstić information content (AvgIpc) is 3.35. The molecule has 2 fully saturated rings. The summed E-state index contributed by atoms with van der Waals surface area (Å²) in [4.78, 5) is 17.5. The van der Waals surface area contributed by atoms with E-state index in [-0.39, 0.29) is 28.4 Å². The van der Waals surface area contributed by atoms with Crippen molar-refractivity contribution in [1.82, 2.24) is 10.3 Å². The van der Waals surface area contributed by atoms with Crippen LogP contribution in [0.4, 0.5) is 23.2 Å². The molecule has 1 heterocycles. The molecule has 1 aromatic carbocycles. The fourth-order valence-electron chi connectivity index (χ4n) is 5.27. The molecule has 2 aromatic rings. The number of amides is 1.